The molecule has 5 nitrogen and oxygen atoms in total. The van der Waals surface area contributed by atoms with Crippen LogP contribution in [0.25, 0.3) is 0 Å². The minimum atomic E-state index is -3.71. The minimum Gasteiger partial charge on any atom is -0.480 e. The van der Waals surface area contributed by atoms with Gasteiger partial charge in [0.25, 0.3) is 0 Å². The van der Waals surface area contributed by atoms with Crippen LogP contribution in [0, 0.1) is 5.92 Å². The van der Waals surface area contributed by atoms with E-state index in [9.17, 15) is 13.2 Å². The van der Waals surface area contributed by atoms with Crippen molar-refractivity contribution in [1.82, 2.24) is 4.72 Å². The summed E-state index contributed by atoms with van der Waals surface area (Å²) in [6, 6.07) is 5.80. The zero-order valence-corrected chi connectivity index (χ0v) is 13.0. The average Bonchev–Trinajstić information content (AvgIpc) is 2.28. The van der Waals surface area contributed by atoms with Gasteiger partial charge in [-0.25, -0.2) is 13.1 Å². The Balaban J connectivity index is 2.88. The fraction of sp³-hybridized carbons (Fsp3) is 0.417. The summed E-state index contributed by atoms with van der Waals surface area (Å²) in [7, 11) is -3.71. The fourth-order valence-electron chi connectivity index (χ4n) is 1.53. The third-order valence-corrected chi connectivity index (χ3v) is 4.62. The standard InChI is InChI=1S/C12H16BrNO4S/c1-8(2)11(12(15)16)14-19(17,18)7-9-5-3-4-6-10(9)13/h3-6,8,11,14H,7H2,1-2H3,(H,15,16)/t11-/m0/s1. The van der Waals surface area contributed by atoms with E-state index in [4.69, 9.17) is 5.11 Å². The van der Waals surface area contributed by atoms with Gasteiger partial charge in [0, 0.05) is 4.47 Å². The zero-order chi connectivity index (χ0) is 14.6. The van der Waals surface area contributed by atoms with Crippen molar-refractivity contribution in [3.8, 4) is 0 Å². The Labute approximate surface area is 121 Å². The Hall–Kier alpha value is -0.920. The highest BCUT2D eigenvalue weighted by Crippen LogP contribution is 2.18. The van der Waals surface area contributed by atoms with Crippen LogP contribution >= 0.6 is 15.9 Å². The number of benzene rings is 1. The summed E-state index contributed by atoms with van der Waals surface area (Å²) in [5.74, 6) is -1.76. The quantitative estimate of drug-likeness (QED) is 0.822. The number of carbonyl (C=O) groups is 1. The average molecular weight is 350 g/mol. The Morgan fingerprint density at radius 2 is 1.95 bits per heavy atom. The van der Waals surface area contributed by atoms with E-state index in [0.29, 0.717) is 10.0 Å². The zero-order valence-electron chi connectivity index (χ0n) is 10.6. The Kier molecular flexibility index (Phi) is 5.51. The molecular weight excluding hydrogens is 334 g/mol. The molecular formula is C12H16BrNO4S. The van der Waals surface area contributed by atoms with Crippen molar-refractivity contribution >= 4 is 31.9 Å². The molecule has 0 radical (unpaired) electrons. The van der Waals surface area contributed by atoms with Gasteiger partial charge in [-0.05, 0) is 17.5 Å². The largest absolute Gasteiger partial charge is 0.480 e. The number of hydrogen-bond acceptors (Lipinski definition) is 3. The monoisotopic (exact) mass is 349 g/mol. The lowest BCUT2D eigenvalue weighted by Crippen LogP contribution is -2.44. The minimum absolute atomic E-state index is 0.259. The predicted molar refractivity (Wildman–Crippen MR) is 76.2 cm³/mol. The molecule has 106 valence electrons. The Morgan fingerprint density at radius 1 is 1.37 bits per heavy atom. The highest BCUT2D eigenvalue weighted by molar-refractivity contribution is 9.10. The molecule has 0 fully saturated rings. The number of carboxylic acid groups (broad SMARTS) is 1. The van der Waals surface area contributed by atoms with Gasteiger partial charge in [-0.1, -0.05) is 48.0 Å². The lowest BCUT2D eigenvalue weighted by molar-refractivity contribution is -0.140. The molecule has 1 aromatic carbocycles. The summed E-state index contributed by atoms with van der Waals surface area (Å²) in [5, 5.41) is 8.99. The summed E-state index contributed by atoms with van der Waals surface area (Å²) in [6.45, 7) is 3.31. The molecule has 0 bridgehead atoms. The molecule has 0 saturated carbocycles. The first-order valence-electron chi connectivity index (χ1n) is 5.69. The van der Waals surface area contributed by atoms with Crippen molar-refractivity contribution in [3.05, 3.63) is 34.3 Å². The van der Waals surface area contributed by atoms with E-state index < -0.39 is 22.0 Å². The maximum absolute atomic E-state index is 12.0. The second-order valence-electron chi connectivity index (χ2n) is 4.53. The number of aliphatic carboxylic acids is 1. The maximum atomic E-state index is 12.0. The van der Waals surface area contributed by atoms with Crippen LogP contribution in [-0.2, 0) is 20.6 Å². The Morgan fingerprint density at radius 3 is 2.42 bits per heavy atom. The summed E-state index contributed by atoms with van der Waals surface area (Å²) in [6.07, 6.45) is 0. The van der Waals surface area contributed by atoms with Crippen molar-refractivity contribution in [2.45, 2.75) is 25.6 Å². The van der Waals surface area contributed by atoms with Crippen LogP contribution in [0.5, 0.6) is 0 Å². The molecule has 0 spiro atoms. The molecule has 0 aliphatic rings. The summed E-state index contributed by atoms with van der Waals surface area (Å²) >= 11 is 3.26. The van der Waals surface area contributed by atoms with Crippen molar-refractivity contribution in [2.24, 2.45) is 5.92 Å². The summed E-state index contributed by atoms with van der Waals surface area (Å²) in [4.78, 5) is 11.0. The van der Waals surface area contributed by atoms with Crippen molar-refractivity contribution in [1.29, 1.82) is 0 Å². The predicted octanol–water partition coefficient (Wildman–Crippen LogP) is 1.98. The number of halogens is 1. The second-order valence-corrected chi connectivity index (χ2v) is 7.14. The molecule has 0 saturated heterocycles. The van der Waals surface area contributed by atoms with Crippen LogP contribution in [0.15, 0.2) is 28.7 Å². The highest BCUT2D eigenvalue weighted by atomic mass is 79.9. The normalized spacial score (nSPS) is 13.5. The van der Waals surface area contributed by atoms with E-state index in [-0.39, 0.29) is 11.7 Å². The molecule has 0 unspecified atom stereocenters. The van der Waals surface area contributed by atoms with Crippen LogP contribution in [0.3, 0.4) is 0 Å². The molecule has 1 aromatic rings. The van der Waals surface area contributed by atoms with E-state index in [1.807, 2.05) is 0 Å². The number of rotatable bonds is 6. The van der Waals surface area contributed by atoms with Gasteiger partial charge in [-0.3, -0.25) is 4.79 Å². The van der Waals surface area contributed by atoms with E-state index in [1.54, 1.807) is 38.1 Å². The smallest absolute Gasteiger partial charge is 0.321 e. The number of hydrogen-bond donors (Lipinski definition) is 2. The summed E-state index contributed by atoms with van der Waals surface area (Å²) in [5.41, 5.74) is 0.586. The topological polar surface area (TPSA) is 83.5 Å². The highest BCUT2D eigenvalue weighted by Gasteiger charge is 2.27. The molecule has 0 aliphatic heterocycles. The van der Waals surface area contributed by atoms with E-state index in [2.05, 4.69) is 20.7 Å². The van der Waals surface area contributed by atoms with Gasteiger partial charge in [0.2, 0.25) is 10.0 Å². The number of nitrogens with one attached hydrogen (secondary N) is 1. The first-order valence-corrected chi connectivity index (χ1v) is 8.13. The van der Waals surface area contributed by atoms with E-state index >= 15 is 0 Å². The van der Waals surface area contributed by atoms with Gasteiger partial charge < -0.3 is 5.11 Å². The van der Waals surface area contributed by atoms with Crippen LogP contribution in [0.2, 0.25) is 0 Å². The number of carboxylic acids is 1. The van der Waals surface area contributed by atoms with E-state index in [0.717, 1.165) is 0 Å². The molecule has 0 aromatic heterocycles. The Bertz CT molecular complexity index is 557. The second kappa shape index (κ2) is 6.49. The molecule has 1 atom stereocenters. The molecule has 19 heavy (non-hydrogen) atoms. The SMILES string of the molecule is CC(C)[C@H](NS(=O)(=O)Cc1ccccc1Br)C(=O)O. The first kappa shape index (κ1) is 16.1. The molecule has 7 heteroatoms. The molecule has 0 heterocycles. The molecule has 1 rings (SSSR count). The van der Waals surface area contributed by atoms with Gasteiger partial charge in [0.15, 0.2) is 0 Å². The van der Waals surface area contributed by atoms with Crippen LogP contribution in [0.1, 0.15) is 19.4 Å². The van der Waals surface area contributed by atoms with Crippen LogP contribution in [0.4, 0.5) is 0 Å². The van der Waals surface area contributed by atoms with Gasteiger partial charge in [0.05, 0.1) is 5.75 Å². The van der Waals surface area contributed by atoms with Gasteiger partial charge in [-0.15, -0.1) is 0 Å². The lowest BCUT2D eigenvalue weighted by atomic mass is 10.1. The summed E-state index contributed by atoms with van der Waals surface area (Å²) < 4.78 is 26.8. The fourth-order valence-corrected chi connectivity index (χ4v) is 3.64. The van der Waals surface area contributed by atoms with Crippen molar-refractivity contribution in [3.63, 3.8) is 0 Å². The van der Waals surface area contributed by atoms with Crippen LogP contribution < -0.4 is 4.72 Å². The molecule has 2 N–H and O–H groups in total. The van der Waals surface area contributed by atoms with Gasteiger partial charge in [-0.2, -0.15) is 0 Å². The van der Waals surface area contributed by atoms with Crippen molar-refractivity contribution < 1.29 is 18.3 Å². The van der Waals surface area contributed by atoms with Crippen LogP contribution in [-0.4, -0.2) is 25.5 Å². The first-order chi connectivity index (χ1) is 8.73. The molecule has 0 amide bonds. The third-order valence-electron chi connectivity index (χ3n) is 2.54. The molecule has 0 aliphatic carbocycles. The third kappa shape index (κ3) is 4.93. The lowest BCUT2D eigenvalue weighted by Gasteiger charge is -2.18. The maximum Gasteiger partial charge on any atom is 0.321 e. The van der Waals surface area contributed by atoms with E-state index in [1.165, 1.54) is 0 Å². The van der Waals surface area contributed by atoms with Gasteiger partial charge >= 0.3 is 5.97 Å². The van der Waals surface area contributed by atoms with Crippen molar-refractivity contribution in [2.75, 3.05) is 0 Å². The number of sulfonamides is 1. The van der Waals surface area contributed by atoms with Gasteiger partial charge in [0.1, 0.15) is 6.04 Å².